The lowest BCUT2D eigenvalue weighted by molar-refractivity contribution is 0.213. The molecular formula is C13H18N2. The van der Waals surface area contributed by atoms with Crippen molar-refractivity contribution in [1.29, 1.82) is 0 Å². The van der Waals surface area contributed by atoms with E-state index in [1.165, 1.54) is 5.56 Å². The fraction of sp³-hybridized carbons (Fsp3) is 0.538. The number of nitrogens with one attached hydrogen (secondary N) is 1. The van der Waals surface area contributed by atoms with Gasteiger partial charge in [0.1, 0.15) is 0 Å². The van der Waals surface area contributed by atoms with E-state index in [0.717, 1.165) is 19.6 Å². The molecule has 0 unspecified atom stereocenters. The third-order valence-corrected chi connectivity index (χ3v) is 4.00. The Balaban J connectivity index is 2.11. The molecule has 0 spiro atoms. The van der Waals surface area contributed by atoms with E-state index in [9.17, 15) is 0 Å². The van der Waals surface area contributed by atoms with Crippen molar-refractivity contribution in [2.75, 3.05) is 20.1 Å². The summed E-state index contributed by atoms with van der Waals surface area (Å²) in [5.41, 5.74) is 4.60. The topological polar surface area (TPSA) is 15.3 Å². The zero-order valence-electron chi connectivity index (χ0n) is 9.46. The minimum atomic E-state index is 0.707. The Bertz CT molecular complexity index is 386. The fourth-order valence-electron chi connectivity index (χ4n) is 3.10. The summed E-state index contributed by atoms with van der Waals surface area (Å²) in [6.07, 6.45) is 0. The molecule has 2 nitrogen and oxygen atoms in total. The van der Waals surface area contributed by atoms with Crippen LogP contribution in [0, 0.1) is 6.92 Å². The average molecular weight is 202 g/mol. The van der Waals surface area contributed by atoms with Crippen LogP contribution in [0.3, 0.4) is 0 Å². The minimum absolute atomic E-state index is 0.707. The highest BCUT2D eigenvalue weighted by Gasteiger charge is 2.36. The summed E-state index contributed by atoms with van der Waals surface area (Å²) in [7, 11) is 2.25. The molecular weight excluding hydrogens is 184 g/mol. The van der Waals surface area contributed by atoms with Crippen molar-refractivity contribution in [2.45, 2.75) is 25.4 Å². The van der Waals surface area contributed by atoms with Gasteiger partial charge in [0.2, 0.25) is 0 Å². The molecule has 0 saturated carbocycles. The van der Waals surface area contributed by atoms with Gasteiger partial charge >= 0.3 is 0 Å². The minimum Gasteiger partial charge on any atom is -0.314 e. The Labute approximate surface area is 91.3 Å². The summed E-state index contributed by atoms with van der Waals surface area (Å²) in [4.78, 5) is 2.50. The molecule has 1 N–H and O–H groups in total. The molecule has 1 fully saturated rings. The van der Waals surface area contributed by atoms with Crippen LogP contribution in [0.15, 0.2) is 18.2 Å². The van der Waals surface area contributed by atoms with Crippen molar-refractivity contribution >= 4 is 0 Å². The summed E-state index contributed by atoms with van der Waals surface area (Å²) >= 11 is 0. The zero-order valence-corrected chi connectivity index (χ0v) is 9.46. The lowest BCUT2D eigenvalue weighted by Crippen LogP contribution is -2.40. The first-order valence-corrected chi connectivity index (χ1v) is 5.76. The Morgan fingerprint density at radius 2 is 2.20 bits per heavy atom. The maximum absolute atomic E-state index is 3.51. The number of fused-ring (bicyclic) bond motifs is 3. The van der Waals surface area contributed by atoms with Crippen molar-refractivity contribution in [3.05, 3.63) is 34.9 Å². The summed E-state index contributed by atoms with van der Waals surface area (Å²) in [5, 5.41) is 3.51. The number of hydrogen-bond acceptors (Lipinski definition) is 2. The zero-order chi connectivity index (χ0) is 10.4. The van der Waals surface area contributed by atoms with Gasteiger partial charge in [0.05, 0.1) is 0 Å². The number of nitrogens with zero attached hydrogens (tertiary/aromatic N) is 1. The van der Waals surface area contributed by atoms with Gasteiger partial charge < -0.3 is 5.32 Å². The van der Waals surface area contributed by atoms with Crippen LogP contribution in [0.25, 0.3) is 0 Å². The standard InChI is InChI=1S/C13H18N2/c1-9-4-3-5-10-11-6-14-7-13(11)15(2)8-12(9)10/h3-5,11,13-14H,6-8H2,1-2H3/t11-,13+/m0/s1. The molecule has 0 amide bonds. The normalized spacial score (nSPS) is 30.0. The number of rotatable bonds is 0. The summed E-state index contributed by atoms with van der Waals surface area (Å²) in [6, 6.07) is 7.46. The van der Waals surface area contributed by atoms with Gasteiger partial charge in [-0.1, -0.05) is 18.2 Å². The van der Waals surface area contributed by atoms with Gasteiger partial charge in [-0.3, -0.25) is 4.90 Å². The van der Waals surface area contributed by atoms with Crippen molar-refractivity contribution in [3.63, 3.8) is 0 Å². The lowest BCUT2D eigenvalue weighted by Gasteiger charge is -2.36. The molecule has 2 aliphatic rings. The molecule has 15 heavy (non-hydrogen) atoms. The van der Waals surface area contributed by atoms with E-state index >= 15 is 0 Å². The van der Waals surface area contributed by atoms with E-state index in [2.05, 4.69) is 42.4 Å². The lowest BCUT2D eigenvalue weighted by atomic mass is 9.84. The predicted octanol–water partition coefficient (Wildman–Crippen LogP) is 1.50. The molecule has 1 aromatic carbocycles. The van der Waals surface area contributed by atoms with Crippen molar-refractivity contribution in [3.8, 4) is 0 Å². The molecule has 0 radical (unpaired) electrons. The van der Waals surface area contributed by atoms with Gasteiger partial charge in [-0.2, -0.15) is 0 Å². The van der Waals surface area contributed by atoms with E-state index in [4.69, 9.17) is 0 Å². The summed E-state index contributed by atoms with van der Waals surface area (Å²) in [6.45, 7) is 5.64. The van der Waals surface area contributed by atoms with E-state index in [-0.39, 0.29) is 0 Å². The van der Waals surface area contributed by atoms with E-state index in [1.54, 1.807) is 11.1 Å². The van der Waals surface area contributed by atoms with Crippen LogP contribution < -0.4 is 5.32 Å². The second kappa shape index (κ2) is 3.32. The second-order valence-electron chi connectivity index (χ2n) is 4.89. The molecule has 2 heterocycles. The van der Waals surface area contributed by atoms with Gasteiger partial charge in [-0.15, -0.1) is 0 Å². The van der Waals surface area contributed by atoms with Crippen LogP contribution in [0.4, 0.5) is 0 Å². The fourth-order valence-corrected chi connectivity index (χ4v) is 3.10. The van der Waals surface area contributed by atoms with E-state index in [0.29, 0.717) is 12.0 Å². The van der Waals surface area contributed by atoms with Gasteiger partial charge in [0.15, 0.2) is 0 Å². The molecule has 0 aliphatic carbocycles. The maximum Gasteiger partial charge on any atom is 0.0302 e. The van der Waals surface area contributed by atoms with Crippen molar-refractivity contribution in [1.82, 2.24) is 10.2 Å². The monoisotopic (exact) mass is 202 g/mol. The Morgan fingerprint density at radius 1 is 1.33 bits per heavy atom. The molecule has 2 aliphatic heterocycles. The van der Waals surface area contributed by atoms with Gasteiger partial charge in [-0.05, 0) is 30.7 Å². The molecule has 80 valence electrons. The van der Waals surface area contributed by atoms with Gasteiger partial charge in [0.25, 0.3) is 0 Å². The highest BCUT2D eigenvalue weighted by molar-refractivity contribution is 5.40. The van der Waals surface area contributed by atoms with Crippen LogP contribution in [0.2, 0.25) is 0 Å². The van der Waals surface area contributed by atoms with E-state index in [1.807, 2.05) is 0 Å². The predicted molar refractivity (Wildman–Crippen MR) is 62.0 cm³/mol. The molecule has 0 bridgehead atoms. The first-order valence-electron chi connectivity index (χ1n) is 5.76. The van der Waals surface area contributed by atoms with Gasteiger partial charge in [-0.25, -0.2) is 0 Å². The third-order valence-electron chi connectivity index (χ3n) is 4.00. The average Bonchev–Trinajstić information content (AvgIpc) is 2.69. The highest BCUT2D eigenvalue weighted by atomic mass is 15.2. The first-order chi connectivity index (χ1) is 7.27. The number of aryl methyl sites for hydroxylation is 1. The van der Waals surface area contributed by atoms with Crippen LogP contribution in [0.5, 0.6) is 0 Å². The number of benzene rings is 1. The van der Waals surface area contributed by atoms with E-state index < -0.39 is 0 Å². The molecule has 3 rings (SSSR count). The molecule has 2 atom stereocenters. The summed E-state index contributed by atoms with van der Waals surface area (Å²) < 4.78 is 0. The largest absolute Gasteiger partial charge is 0.314 e. The molecule has 1 aromatic rings. The van der Waals surface area contributed by atoms with Crippen molar-refractivity contribution < 1.29 is 0 Å². The smallest absolute Gasteiger partial charge is 0.0302 e. The van der Waals surface area contributed by atoms with Crippen LogP contribution in [0.1, 0.15) is 22.6 Å². The quantitative estimate of drug-likeness (QED) is 0.686. The Hall–Kier alpha value is -0.860. The van der Waals surface area contributed by atoms with Crippen LogP contribution in [-0.2, 0) is 6.54 Å². The second-order valence-corrected chi connectivity index (χ2v) is 4.89. The first kappa shape index (κ1) is 9.37. The summed E-state index contributed by atoms with van der Waals surface area (Å²) in [5.74, 6) is 0.707. The highest BCUT2D eigenvalue weighted by Crippen LogP contribution is 2.35. The van der Waals surface area contributed by atoms with Crippen LogP contribution >= 0.6 is 0 Å². The number of likely N-dealkylation sites (N-methyl/N-ethyl adjacent to an activating group) is 1. The Morgan fingerprint density at radius 3 is 3.07 bits per heavy atom. The number of hydrogen-bond donors (Lipinski definition) is 1. The SMILES string of the molecule is Cc1cccc2c1CN(C)[C@@H]1CNC[C@@H]21. The molecule has 1 saturated heterocycles. The maximum atomic E-state index is 3.51. The molecule has 0 aromatic heterocycles. The van der Waals surface area contributed by atoms with Crippen LogP contribution in [-0.4, -0.2) is 31.1 Å². The Kier molecular flexibility index (Phi) is 2.08. The molecule has 2 heteroatoms. The van der Waals surface area contributed by atoms with Crippen molar-refractivity contribution in [2.24, 2.45) is 0 Å². The van der Waals surface area contributed by atoms with Gasteiger partial charge in [0, 0.05) is 31.6 Å². The third kappa shape index (κ3) is 1.32.